The summed E-state index contributed by atoms with van der Waals surface area (Å²) in [7, 11) is 1.78. The molecule has 100 valence electrons. The Bertz CT molecular complexity index is 410. The Balaban J connectivity index is 2.60. The van der Waals surface area contributed by atoms with Crippen LogP contribution in [0.2, 0.25) is 0 Å². The molecule has 1 amide bonds. The van der Waals surface area contributed by atoms with E-state index in [0.29, 0.717) is 24.0 Å². The average molecular weight is 249 g/mol. The van der Waals surface area contributed by atoms with Crippen molar-refractivity contribution in [2.75, 3.05) is 18.9 Å². The lowest BCUT2D eigenvalue weighted by molar-refractivity contribution is 0.0932. The Labute approximate surface area is 109 Å². The third-order valence-corrected chi connectivity index (χ3v) is 3.29. The summed E-state index contributed by atoms with van der Waals surface area (Å²) in [4.78, 5) is 16.2. The van der Waals surface area contributed by atoms with Crippen LogP contribution in [-0.4, -0.2) is 24.5 Å². The van der Waals surface area contributed by atoms with Crippen molar-refractivity contribution in [2.24, 2.45) is 11.3 Å². The number of carbonyl (C=O) groups excluding carboxylic acids is 1. The minimum Gasteiger partial charge on any atom is -0.373 e. The minimum atomic E-state index is -0.122. The van der Waals surface area contributed by atoms with E-state index < -0.39 is 0 Å². The van der Waals surface area contributed by atoms with Gasteiger partial charge < -0.3 is 10.6 Å². The average Bonchev–Trinajstić information content (AvgIpc) is 2.34. The monoisotopic (exact) mass is 249 g/mol. The van der Waals surface area contributed by atoms with E-state index in [9.17, 15) is 4.79 Å². The van der Waals surface area contributed by atoms with E-state index in [1.54, 1.807) is 13.1 Å². The van der Waals surface area contributed by atoms with Gasteiger partial charge in [0.25, 0.3) is 5.91 Å². The van der Waals surface area contributed by atoms with Gasteiger partial charge in [0.1, 0.15) is 11.5 Å². The van der Waals surface area contributed by atoms with Gasteiger partial charge in [0.05, 0.1) is 0 Å². The number of hydrogen-bond donors (Lipinski definition) is 2. The molecule has 1 aromatic heterocycles. The number of anilines is 1. The first-order chi connectivity index (χ1) is 8.34. The lowest BCUT2D eigenvalue weighted by Gasteiger charge is -2.27. The number of nitrogens with zero attached hydrogens (tertiary/aromatic N) is 1. The molecule has 1 rings (SSSR count). The van der Waals surface area contributed by atoms with Crippen molar-refractivity contribution in [2.45, 2.75) is 27.7 Å². The van der Waals surface area contributed by atoms with Crippen molar-refractivity contribution in [3.63, 3.8) is 0 Å². The van der Waals surface area contributed by atoms with Gasteiger partial charge in [-0.15, -0.1) is 0 Å². The Morgan fingerprint density at radius 2 is 2.06 bits per heavy atom. The summed E-state index contributed by atoms with van der Waals surface area (Å²) in [6.07, 6.45) is 0. The van der Waals surface area contributed by atoms with E-state index in [2.05, 4.69) is 43.3 Å². The Morgan fingerprint density at radius 1 is 1.39 bits per heavy atom. The SMILES string of the molecule is CNc1cccc(C(=O)NCC(C)C(C)(C)C)n1. The second-order valence-corrected chi connectivity index (χ2v) is 5.64. The Hall–Kier alpha value is -1.58. The van der Waals surface area contributed by atoms with Crippen LogP contribution < -0.4 is 10.6 Å². The van der Waals surface area contributed by atoms with Crippen LogP contribution >= 0.6 is 0 Å². The predicted octanol–water partition coefficient (Wildman–Crippen LogP) is 2.54. The summed E-state index contributed by atoms with van der Waals surface area (Å²) in [5.74, 6) is 0.989. The maximum absolute atomic E-state index is 11.9. The third-order valence-electron chi connectivity index (χ3n) is 3.29. The topological polar surface area (TPSA) is 54.0 Å². The highest BCUT2D eigenvalue weighted by molar-refractivity contribution is 5.92. The highest BCUT2D eigenvalue weighted by Crippen LogP contribution is 2.24. The number of aromatic nitrogens is 1. The number of rotatable bonds is 4. The van der Waals surface area contributed by atoms with Crippen LogP contribution in [0.5, 0.6) is 0 Å². The summed E-state index contributed by atoms with van der Waals surface area (Å²) in [5.41, 5.74) is 0.635. The van der Waals surface area contributed by atoms with Gasteiger partial charge in [0.2, 0.25) is 0 Å². The molecule has 0 spiro atoms. The van der Waals surface area contributed by atoms with Gasteiger partial charge in [-0.2, -0.15) is 0 Å². The predicted molar refractivity (Wildman–Crippen MR) is 74.7 cm³/mol. The highest BCUT2D eigenvalue weighted by Gasteiger charge is 2.20. The van der Waals surface area contributed by atoms with E-state index >= 15 is 0 Å². The van der Waals surface area contributed by atoms with E-state index in [4.69, 9.17) is 0 Å². The Kier molecular flexibility index (Phi) is 4.70. The van der Waals surface area contributed by atoms with E-state index in [0.717, 1.165) is 0 Å². The fourth-order valence-corrected chi connectivity index (χ4v) is 1.34. The fraction of sp³-hybridized carbons (Fsp3) is 0.571. The molecule has 1 aromatic rings. The van der Waals surface area contributed by atoms with Crippen LogP contribution in [0.25, 0.3) is 0 Å². The maximum atomic E-state index is 11.9. The highest BCUT2D eigenvalue weighted by atomic mass is 16.1. The number of pyridine rings is 1. The van der Waals surface area contributed by atoms with Crippen LogP contribution in [0.4, 0.5) is 5.82 Å². The molecule has 18 heavy (non-hydrogen) atoms. The molecule has 0 aliphatic rings. The summed E-state index contributed by atoms with van der Waals surface area (Å²) < 4.78 is 0. The smallest absolute Gasteiger partial charge is 0.269 e. The van der Waals surface area contributed by atoms with Crippen LogP contribution in [-0.2, 0) is 0 Å². The Morgan fingerprint density at radius 3 is 2.61 bits per heavy atom. The molecule has 1 atom stereocenters. The van der Waals surface area contributed by atoms with Crippen molar-refractivity contribution in [3.05, 3.63) is 23.9 Å². The number of hydrogen-bond acceptors (Lipinski definition) is 3. The summed E-state index contributed by atoms with van der Waals surface area (Å²) >= 11 is 0. The lowest BCUT2D eigenvalue weighted by Crippen LogP contribution is -2.34. The molecule has 0 fully saturated rings. The zero-order chi connectivity index (χ0) is 13.8. The van der Waals surface area contributed by atoms with E-state index in [-0.39, 0.29) is 11.3 Å². The molecule has 1 heterocycles. The molecule has 0 aromatic carbocycles. The molecular formula is C14H23N3O. The van der Waals surface area contributed by atoms with E-state index in [1.165, 1.54) is 0 Å². The summed E-state index contributed by atoms with van der Waals surface area (Å²) in [6.45, 7) is 9.31. The fourth-order valence-electron chi connectivity index (χ4n) is 1.34. The van der Waals surface area contributed by atoms with Crippen LogP contribution in [0.3, 0.4) is 0 Å². The summed E-state index contributed by atoms with van der Waals surface area (Å²) in [5, 5.41) is 5.85. The zero-order valence-corrected chi connectivity index (χ0v) is 11.9. The quantitative estimate of drug-likeness (QED) is 0.862. The van der Waals surface area contributed by atoms with Crippen LogP contribution in [0.15, 0.2) is 18.2 Å². The normalized spacial score (nSPS) is 12.9. The van der Waals surface area contributed by atoms with Crippen LogP contribution in [0, 0.1) is 11.3 Å². The second-order valence-electron chi connectivity index (χ2n) is 5.64. The molecule has 0 radical (unpaired) electrons. The first-order valence-electron chi connectivity index (χ1n) is 6.27. The van der Waals surface area contributed by atoms with Gasteiger partial charge in [-0.1, -0.05) is 33.8 Å². The largest absolute Gasteiger partial charge is 0.373 e. The van der Waals surface area contributed by atoms with Gasteiger partial charge >= 0.3 is 0 Å². The minimum absolute atomic E-state index is 0.122. The molecular weight excluding hydrogens is 226 g/mol. The molecule has 0 saturated carbocycles. The molecule has 4 heteroatoms. The van der Waals surface area contributed by atoms with Gasteiger partial charge in [0.15, 0.2) is 0 Å². The molecule has 0 bridgehead atoms. The van der Waals surface area contributed by atoms with Crippen LogP contribution in [0.1, 0.15) is 38.2 Å². The number of amides is 1. The summed E-state index contributed by atoms with van der Waals surface area (Å²) in [6, 6.07) is 5.37. The second kappa shape index (κ2) is 5.85. The number of carbonyl (C=O) groups is 1. The lowest BCUT2D eigenvalue weighted by atomic mass is 9.82. The van der Waals surface area contributed by atoms with Crippen molar-refractivity contribution >= 4 is 11.7 Å². The third kappa shape index (κ3) is 4.02. The van der Waals surface area contributed by atoms with Crippen molar-refractivity contribution < 1.29 is 4.79 Å². The van der Waals surface area contributed by atoms with Gasteiger partial charge in [-0.3, -0.25) is 4.79 Å². The molecule has 2 N–H and O–H groups in total. The zero-order valence-electron chi connectivity index (χ0n) is 11.9. The molecule has 4 nitrogen and oxygen atoms in total. The maximum Gasteiger partial charge on any atom is 0.269 e. The van der Waals surface area contributed by atoms with Gasteiger partial charge in [0, 0.05) is 13.6 Å². The molecule has 1 unspecified atom stereocenters. The molecule has 0 aliphatic heterocycles. The van der Waals surface area contributed by atoms with Gasteiger partial charge in [-0.25, -0.2) is 4.98 Å². The van der Waals surface area contributed by atoms with Crippen molar-refractivity contribution in [1.29, 1.82) is 0 Å². The van der Waals surface area contributed by atoms with Crippen molar-refractivity contribution in [3.8, 4) is 0 Å². The van der Waals surface area contributed by atoms with Gasteiger partial charge in [-0.05, 0) is 23.5 Å². The van der Waals surface area contributed by atoms with Crippen molar-refractivity contribution in [1.82, 2.24) is 10.3 Å². The number of nitrogens with one attached hydrogen (secondary N) is 2. The first kappa shape index (κ1) is 14.5. The first-order valence-corrected chi connectivity index (χ1v) is 6.27. The molecule has 0 saturated heterocycles. The van der Waals surface area contributed by atoms with E-state index in [1.807, 2.05) is 12.1 Å². The molecule has 0 aliphatic carbocycles. The standard InChI is InChI=1S/C14H23N3O/c1-10(14(2,3)4)9-16-13(18)11-7-6-8-12(15-5)17-11/h6-8,10H,9H2,1-5H3,(H,15,17)(H,16,18).